The molecule has 2 atom stereocenters. The van der Waals surface area contributed by atoms with Crippen molar-refractivity contribution in [1.29, 1.82) is 0 Å². The number of rotatable bonds is 3. The van der Waals surface area contributed by atoms with E-state index < -0.39 is 0 Å². The maximum atomic E-state index is 6.25. The van der Waals surface area contributed by atoms with E-state index in [-0.39, 0.29) is 9.93 Å². The molecule has 0 saturated heterocycles. The molecule has 2 heteroatoms. The summed E-state index contributed by atoms with van der Waals surface area (Å²) in [5.74, 6) is 0. The first-order valence-electron chi connectivity index (χ1n) is 6.63. The first kappa shape index (κ1) is 12.9. The average molecular weight is 317 g/mol. The number of hydrogen-bond acceptors (Lipinski definition) is 1. The zero-order valence-corrected chi connectivity index (χ0v) is 12.8. The van der Waals surface area contributed by atoms with Crippen LogP contribution in [0.3, 0.4) is 0 Å². The summed E-state index contributed by atoms with van der Waals surface area (Å²) in [6.45, 7) is 4.93. The fourth-order valence-electron chi connectivity index (χ4n) is 3.19. The van der Waals surface area contributed by atoms with Crippen LogP contribution in [0.1, 0.15) is 30.5 Å². The molecule has 1 aliphatic rings. The Labute approximate surface area is 122 Å². The number of halogens is 1. The molecule has 0 bridgehead atoms. The Hall–Kier alpha value is -1.12. The zero-order valence-electron chi connectivity index (χ0n) is 11.2. The molecule has 0 heterocycles. The Morgan fingerprint density at radius 1 is 0.947 bits per heavy atom. The fourth-order valence-corrected chi connectivity index (χ4v) is 4.09. The van der Waals surface area contributed by atoms with Crippen molar-refractivity contribution in [2.75, 3.05) is 6.61 Å². The van der Waals surface area contributed by atoms with E-state index in [1.165, 1.54) is 16.7 Å². The summed E-state index contributed by atoms with van der Waals surface area (Å²) < 4.78 is 6.06. The molecule has 0 aliphatic heterocycles. The summed E-state index contributed by atoms with van der Waals surface area (Å²) in [7, 11) is 0. The van der Waals surface area contributed by atoms with Crippen LogP contribution in [0.25, 0.3) is 0 Å². The van der Waals surface area contributed by atoms with E-state index >= 15 is 0 Å². The van der Waals surface area contributed by atoms with Crippen LogP contribution in [-0.2, 0) is 14.7 Å². The Balaban J connectivity index is 2.24. The van der Waals surface area contributed by atoms with Crippen LogP contribution in [0.4, 0.5) is 0 Å². The largest absolute Gasteiger partial charge is 0.364 e. The van der Waals surface area contributed by atoms with Crippen LogP contribution >= 0.6 is 15.9 Å². The fraction of sp³-hybridized carbons (Fsp3) is 0.294. The van der Waals surface area contributed by atoms with Crippen LogP contribution in [0.2, 0.25) is 0 Å². The first-order chi connectivity index (χ1) is 9.14. The third-order valence-corrected chi connectivity index (χ3v) is 5.00. The summed E-state index contributed by atoms with van der Waals surface area (Å²) in [5.41, 5.74) is 3.39. The van der Waals surface area contributed by atoms with Crippen molar-refractivity contribution in [2.45, 2.75) is 23.8 Å². The van der Waals surface area contributed by atoms with Gasteiger partial charge in [-0.05, 0) is 30.5 Å². The average Bonchev–Trinajstić information content (AvgIpc) is 2.45. The third kappa shape index (κ3) is 1.56. The minimum atomic E-state index is -0.389. The van der Waals surface area contributed by atoms with Gasteiger partial charge in [-0.1, -0.05) is 70.5 Å². The minimum absolute atomic E-state index is 0.187. The summed E-state index contributed by atoms with van der Waals surface area (Å²) in [4.78, 5) is 0. The molecule has 0 amide bonds. The van der Waals surface area contributed by atoms with Gasteiger partial charge in [0.15, 0.2) is 0 Å². The first-order valence-corrected chi connectivity index (χ1v) is 7.42. The van der Waals surface area contributed by atoms with Gasteiger partial charge < -0.3 is 4.74 Å². The maximum absolute atomic E-state index is 6.25. The summed E-state index contributed by atoms with van der Waals surface area (Å²) in [5, 5.41) is 0. The van der Waals surface area contributed by atoms with Gasteiger partial charge in [-0.15, -0.1) is 0 Å². The van der Waals surface area contributed by atoms with E-state index in [1.807, 2.05) is 6.07 Å². The highest BCUT2D eigenvalue weighted by Gasteiger charge is 2.61. The van der Waals surface area contributed by atoms with Gasteiger partial charge in [0.25, 0.3) is 0 Å². The van der Waals surface area contributed by atoms with Gasteiger partial charge in [-0.2, -0.15) is 0 Å². The standard InChI is InChI=1S/C17H17BrO/c1-3-19-17(13-9-5-4-6-10-13)15-12-8-7-11-14(15)16(17,2)18/h4-12H,3H2,1-2H3. The predicted octanol–water partition coefficient (Wildman–Crippen LogP) is 4.59. The molecule has 0 aromatic heterocycles. The van der Waals surface area contributed by atoms with Gasteiger partial charge in [-0.3, -0.25) is 0 Å². The normalized spacial score (nSPS) is 28.6. The second-order valence-corrected chi connectivity index (χ2v) is 6.61. The molecule has 0 N–H and O–H groups in total. The monoisotopic (exact) mass is 316 g/mol. The summed E-state index contributed by atoms with van der Waals surface area (Å²) in [6.07, 6.45) is 0. The maximum Gasteiger partial charge on any atom is 0.137 e. The smallest absolute Gasteiger partial charge is 0.137 e. The molecule has 2 unspecified atom stereocenters. The Bertz CT molecular complexity index is 591. The van der Waals surface area contributed by atoms with E-state index in [0.717, 1.165) is 0 Å². The molecule has 98 valence electrons. The number of ether oxygens (including phenoxy) is 1. The lowest BCUT2D eigenvalue weighted by atomic mass is 9.61. The van der Waals surface area contributed by atoms with Crippen LogP contribution < -0.4 is 0 Å². The van der Waals surface area contributed by atoms with Crippen molar-refractivity contribution in [3.8, 4) is 0 Å². The molecule has 3 rings (SSSR count). The molecular weight excluding hydrogens is 300 g/mol. The summed E-state index contributed by atoms with van der Waals surface area (Å²) >= 11 is 3.90. The Morgan fingerprint density at radius 2 is 1.53 bits per heavy atom. The van der Waals surface area contributed by atoms with Crippen LogP contribution in [0.15, 0.2) is 54.6 Å². The predicted molar refractivity (Wildman–Crippen MR) is 81.6 cm³/mol. The van der Waals surface area contributed by atoms with Crippen LogP contribution in [-0.4, -0.2) is 6.61 Å². The molecule has 2 aromatic rings. The van der Waals surface area contributed by atoms with Crippen molar-refractivity contribution >= 4 is 15.9 Å². The topological polar surface area (TPSA) is 9.23 Å². The molecule has 2 aromatic carbocycles. The van der Waals surface area contributed by atoms with E-state index in [1.54, 1.807) is 0 Å². The summed E-state index contributed by atoms with van der Waals surface area (Å²) in [6, 6.07) is 19.0. The van der Waals surface area contributed by atoms with E-state index in [4.69, 9.17) is 4.74 Å². The van der Waals surface area contributed by atoms with Gasteiger partial charge >= 0.3 is 0 Å². The van der Waals surface area contributed by atoms with Crippen LogP contribution in [0, 0.1) is 0 Å². The highest BCUT2D eigenvalue weighted by atomic mass is 79.9. The van der Waals surface area contributed by atoms with Crippen molar-refractivity contribution in [3.05, 3.63) is 71.3 Å². The van der Waals surface area contributed by atoms with Crippen LogP contribution in [0.5, 0.6) is 0 Å². The van der Waals surface area contributed by atoms with Crippen molar-refractivity contribution in [3.63, 3.8) is 0 Å². The molecule has 1 aliphatic carbocycles. The molecule has 0 fully saturated rings. The van der Waals surface area contributed by atoms with Crippen molar-refractivity contribution in [2.24, 2.45) is 0 Å². The third-order valence-electron chi connectivity index (χ3n) is 4.01. The SMILES string of the molecule is CCOC1(c2ccccc2)c2ccccc2C1(C)Br. The molecule has 0 saturated carbocycles. The molecule has 0 spiro atoms. The van der Waals surface area contributed by atoms with Crippen molar-refractivity contribution < 1.29 is 4.74 Å². The quantitative estimate of drug-likeness (QED) is 0.752. The highest BCUT2D eigenvalue weighted by molar-refractivity contribution is 9.09. The lowest BCUT2D eigenvalue weighted by Crippen LogP contribution is -2.55. The molecule has 1 nitrogen and oxygen atoms in total. The minimum Gasteiger partial charge on any atom is -0.364 e. The van der Waals surface area contributed by atoms with E-state index in [2.05, 4.69) is 78.3 Å². The lowest BCUT2D eigenvalue weighted by molar-refractivity contribution is -0.0592. The van der Waals surface area contributed by atoms with Gasteiger partial charge in [0.2, 0.25) is 0 Å². The molecular formula is C17H17BrO. The van der Waals surface area contributed by atoms with Gasteiger partial charge in [0, 0.05) is 6.61 Å². The highest BCUT2D eigenvalue weighted by Crippen LogP contribution is 2.63. The number of fused-ring (bicyclic) bond motifs is 1. The molecule has 0 radical (unpaired) electrons. The Morgan fingerprint density at radius 3 is 2.16 bits per heavy atom. The van der Waals surface area contributed by atoms with E-state index in [9.17, 15) is 0 Å². The van der Waals surface area contributed by atoms with Gasteiger partial charge in [0.1, 0.15) is 5.60 Å². The van der Waals surface area contributed by atoms with E-state index in [0.29, 0.717) is 6.61 Å². The Kier molecular flexibility index (Phi) is 3.03. The second kappa shape index (κ2) is 4.46. The second-order valence-electron chi connectivity index (χ2n) is 5.03. The number of alkyl halides is 1. The zero-order chi connectivity index (χ0) is 13.5. The van der Waals surface area contributed by atoms with Crippen molar-refractivity contribution in [1.82, 2.24) is 0 Å². The van der Waals surface area contributed by atoms with Gasteiger partial charge in [0.05, 0.1) is 4.32 Å². The van der Waals surface area contributed by atoms with Gasteiger partial charge in [-0.25, -0.2) is 0 Å². The number of hydrogen-bond donors (Lipinski definition) is 0. The lowest BCUT2D eigenvalue weighted by Gasteiger charge is -2.55. The number of benzene rings is 2. The molecule has 19 heavy (non-hydrogen) atoms.